The van der Waals surface area contributed by atoms with E-state index in [1.54, 1.807) is 0 Å². The van der Waals surface area contributed by atoms with Crippen LogP contribution in [0.5, 0.6) is 0 Å². The molecule has 11 rings (SSSR count). The van der Waals surface area contributed by atoms with Crippen LogP contribution in [0.4, 0.5) is 34.1 Å². The zero-order chi connectivity index (χ0) is 44.3. The number of nitrogens with zero attached hydrogens (tertiary/aromatic N) is 2. The lowest BCUT2D eigenvalue weighted by Gasteiger charge is -2.46. The molecule has 0 bridgehead atoms. The van der Waals surface area contributed by atoms with Crippen LogP contribution >= 0.6 is 0 Å². The van der Waals surface area contributed by atoms with Crippen LogP contribution < -0.4 is 26.2 Å². The summed E-state index contributed by atoms with van der Waals surface area (Å²) in [6.07, 6.45) is 9.32. The van der Waals surface area contributed by atoms with Crippen molar-refractivity contribution in [2.75, 3.05) is 9.80 Å². The monoisotopic (exact) mass is 838 g/mol. The molecular formula is C62H55BN2. The number of anilines is 6. The molecule has 2 heterocycles. The Bertz CT molecular complexity index is 3070. The minimum Gasteiger partial charge on any atom is -0.311 e. The quantitative estimate of drug-likeness (QED) is 0.106. The molecule has 65 heavy (non-hydrogen) atoms. The molecule has 316 valence electrons. The molecule has 2 nitrogen and oxygen atoms in total. The minimum absolute atomic E-state index is 0.00562. The first-order valence-electron chi connectivity index (χ1n) is 23.4. The van der Waals surface area contributed by atoms with E-state index in [9.17, 15) is 0 Å². The van der Waals surface area contributed by atoms with E-state index in [-0.39, 0.29) is 17.5 Å². The fourth-order valence-electron chi connectivity index (χ4n) is 11.1. The van der Waals surface area contributed by atoms with E-state index in [0.717, 1.165) is 24.2 Å². The molecule has 0 saturated heterocycles. The molecule has 2 aliphatic heterocycles. The summed E-state index contributed by atoms with van der Waals surface area (Å²) < 4.78 is 0. The molecule has 0 N–H and O–H groups in total. The Hall–Kier alpha value is -7.10. The predicted molar refractivity (Wildman–Crippen MR) is 277 cm³/mol. The lowest BCUT2D eigenvalue weighted by Crippen LogP contribution is -2.61. The smallest absolute Gasteiger partial charge is 0.252 e. The number of hydrogen-bond acceptors (Lipinski definition) is 2. The van der Waals surface area contributed by atoms with Gasteiger partial charge in [-0.3, -0.25) is 0 Å². The van der Waals surface area contributed by atoms with Gasteiger partial charge < -0.3 is 9.80 Å². The van der Waals surface area contributed by atoms with Gasteiger partial charge in [0.15, 0.2) is 0 Å². The fraction of sp³-hybridized carbons (Fsp3) is 0.161. The van der Waals surface area contributed by atoms with Gasteiger partial charge in [-0.15, -0.1) is 0 Å². The van der Waals surface area contributed by atoms with Crippen LogP contribution in [0.15, 0.2) is 224 Å². The van der Waals surface area contributed by atoms with E-state index >= 15 is 0 Å². The van der Waals surface area contributed by atoms with Crippen LogP contribution in [-0.4, -0.2) is 6.71 Å². The SMILES string of the molecule is CC(C)(C1=CCCC=C1)c1ccc2c(c1)N(c1cccc(C(C)(C)c3ccccc3)c1)c1cc(C(C)(c3ccccc3)c3ccccc3)cc3c1B2c1ccccc1N3c1ccccc1. The van der Waals surface area contributed by atoms with Crippen LogP contribution in [0.3, 0.4) is 0 Å². The van der Waals surface area contributed by atoms with Crippen molar-refractivity contribution in [1.29, 1.82) is 0 Å². The van der Waals surface area contributed by atoms with Gasteiger partial charge in [-0.25, -0.2) is 0 Å². The maximum Gasteiger partial charge on any atom is 0.252 e. The second-order valence-corrected chi connectivity index (χ2v) is 19.4. The van der Waals surface area contributed by atoms with Crippen LogP contribution in [0.1, 0.15) is 80.8 Å². The van der Waals surface area contributed by atoms with Crippen molar-refractivity contribution in [3.63, 3.8) is 0 Å². The summed E-state index contributed by atoms with van der Waals surface area (Å²) in [5.74, 6) is 0. The molecule has 0 fully saturated rings. The van der Waals surface area contributed by atoms with Crippen LogP contribution in [0, 0.1) is 0 Å². The van der Waals surface area contributed by atoms with Gasteiger partial charge in [-0.2, -0.15) is 0 Å². The molecular weight excluding hydrogens is 784 g/mol. The van der Waals surface area contributed by atoms with Gasteiger partial charge in [-0.1, -0.05) is 198 Å². The van der Waals surface area contributed by atoms with E-state index in [1.165, 1.54) is 78.1 Å². The summed E-state index contributed by atoms with van der Waals surface area (Å²) in [4.78, 5) is 5.15. The Balaban J connectivity index is 1.25. The zero-order valence-electron chi connectivity index (χ0n) is 38.2. The normalized spacial score (nSPS) is 14.4. The van der Waals surface area contributed by atoms with Crippen molar-refractivity contribution in [1.82, 2.24) is 0 Å². The van der Waals surface area contributed by atoms with Crippen LogP contribution in [-0.2, 0) is 16.2 Å². The average molecular weight is 839 g/mol. The van der Waals surface area contributed by atoms with Gasteiger partial charge in [0.05, 0.1) is 0 Å². The Morgan fingerprint density at radius 1 is 0.385 bits per heavy atom. The number of para-hydroxylation sites is 2. The maximum absolute atomic E-state index is 2.62. The fourth-order valence-corrected chi connectivity index (χ4v) is 11.1. The van der Waals surface area contributed by atoms with E-state index in [2.05, 4.69) is 263 Å². The molecule has 0 aromatic heterocycles. The van der Waals surface area contributed by atoms with Gasteiger partial charge in [0.2, 0.25) is 0 Å². The molecule has 3 heteroatoms. The van der Waals surface area contributed by atoms with Gasteiger partial charge >= 0.3 is 0 Å². The molecule has 0 radical (unpaired) electrons. The molecule has 1 aliphatic carbocycles. The third-order valence-electron chi connectivity index (χ3n) is 15.0. The summed E-state index contributed by atoms with van der Waals surface area (Å²) in [5, 5.41) is 0. The van der Waals surface area contributed by atoms with Gasteiger partial charge in [0, 0.05) is 50.4 Å². The lowest BCUT2D eigenvalue weighted by atomic mass is 9.33. The van der Waals surface area contributed by atoms with Crippen LogP contribution in [0.2, 0.25) is 0 Å². The summed E-state index contributed by atoms with van der Waals surface area (Å²) in [5.41, 5.74) is 19.2. The summed E-state index contributed by atoms with van der Waals surface area (Å²) in [6, 6.07) is 75.1. The van der Waals surface area contributed by atoms with Crippen molar-refractivity contribution in [2.45, 2.75) is 63.7 Å². The van der Waals surface area contributed by atoms with E-state index < -0.39 is 5.41 Å². The third-order valence-corrected chi connectivity index (χ3v) is 15.0. The number of benzene rings is 8. The van der Waals surface area contributed by atoms with Crippen molar-refractivity contribution in [2.24, 2.45) is 0 Å². The van der Waals surface area contributed by atoms with Crippen molar-refractivity contribution in [3.05, 3.63) is 257 Å². The van der Waals surface area contributed by atoms with Gasteiger partial charge in [-0.05, 0) is 124 Å². The second kappa shape index (κ2) is 15.9. The molecule has 8 aromatic rings. The first kappa shape index (κ1) is 40.7. The molecule has 3 aliphatic rings. The van der Waals surface area contributed by atoms with Crippen molar-refractivity contribution < 1.29 is 0 Å². The van der Waals surface area contributed by atoms with Crippen molar-refractivity contribution in [3.8, 4) is 0 Å². The standard InChI is InChI=1S/C62H55BN2/c1-60(2,44-24-11-6-12-25-44)48-32-23-35-52(40-48)65-56-41-49(61(3,4)45-26-13-7-14-27-45)38-39-54(56)63-53-36-21-22-37-55(53)64(51-33-19-10-20-34-51)57-42-50(43-58(65)59(57)63)62(5,46-28-15-8-16-29-46)47-30-17-9-18-31-47/h6,8-13,15-43H,7,14H2,1-5H3. The summed E-state index contributed by atoms with van der Waals surface area (Å²) >= 11 is 0. The zero-order valence-corrected chi connectivity index (χ0v) is 38.2. The minimum atomic E-state index is -0.490. The first-order chi connectivity index (χ1) is 31.7. The van der Waals surface area contributed by atoms with Crippen molar-refractivity contribution >= 4 is 57.2 Å². The highest BCUT2D eigenvalue weighted by Gasteiger charge is 2.46. The maximum atomic E-state index is 2.62. The van der Waals surface area contributed by atoms with E-state index in [1.807, 2.05) is 0 Å². The highest BCUT2D eigenvalue weighted by molar-refractivity contribution is 7.00. The Kier molecular flexibility index (Phi) is 9.92. The van der Waals surface area contributed by atoms with Gasteiger partial charge in [0.1, 0.15) is 0 Å². The summed E-state index contributed by atoms with van der Waals surface area (Å²) in [6.45, 7) is 11.9. The highest BCUT2D eigenvalue weighted by Crippen LogP contribution is 2.50. The number of allylic oxidation sites excluding steroid dienone is 4. The Labute approximate surface area is 386 Å². The molecule has 0 atom stereocenters. The molecule has 0 amide bonds. The topological polar surface area (TPSA) is 6.48 Å². The largest absolute Gasteiger partial charge is 0.311 e. The predicted octanol–water partition coefficient (Wildman–Crippen LogP) is 14.0. The van der Waals surface area contributed by atoms with Gasteiger partial charge in [0.25, 0.3) is 6.71 Å². The van der Waals surface area contributed by atoms with E-state index in [0.29, 0.717) is 0 Å². The molecule has 8 aromatic carbocycles. The highest BCUT2D eigenvalue weighted by atomic mass is 15.2. The number of fused-ring (bicyclic) bond motifs is 4. The second-order valence-electron chi connectivity index (χ2n) is 19.4. The number of rotatable bonds is 9. The first-order valence-corrected chi connectivity index (χ1v) is 23.4. The third kappa shape index (κ3) is 6.63. The average Bonchev–Trinajstić information content (AvgIpc) is 3.37. The molecule has 0 saturated carbocycles. The van der Waals surface area contributed by atoms with Crippen LogP contribution in [0.25, 0.3) is 0 Å². The summed E-state index contributed by atoms with van der Waals surface area (Å²) in [7, 11) is 0. The Morgan fingerprint density at radius 2 is 0.892 bits per heavy atom. The Morgan fingerprint density at radius 3 is 1.52 bits per heavy atom. The molecule has 0 spiro atoms. The molecule has 0 unspecified atom stereocenters. The number of hydrogen-bond donors (Lipinski definition) is 0. The van der Waals surface area contributed by atoms with E-state index in [4.69, 9.17) is 0 Å². The lowest BCUT2D eigenvalue weighted by molar-refractivity contribution is 0.631.